The largest absolute Gasteiger partial charge is 0.417 e. The molecule has 1 N–H and O–H groups in total. The number of carbonyl (C=O) groups excluding carboxylic acids is 1. The van der Waals surface area contributed by atoms with Gasteiger partial charge in [0.05, 0.1) is 16.7 Å². The van der Waals surface area contributed by atoms with E-state index in [0.717, 1.165) is 24.4 Å². The van der Waals surface area contributed by atoms with E-state index in [4.69, 9.17) is 0 Å². The van der Waals surface area contributed by atoms with Gasteiger partial charge in [0.2, 0.25) is 0 Å². The minimum Gasteiger partial charge on any atom is -0.267 e. The highest BCUT2D eigenvalue weighted by molar-refractivity contribution is 5.95. The number of alkyl halides is 3. The van der Waals surface area contributed by atoms with Crippen LogP contribution < -0.4 is 5.43 Å². The molecule has 6 nitrogen and oxygen atoms in total. The van der Waals surface area contributed by atoms with Crippen LogP contribution in [0.2, 0.25) is 0 Å². The van der Waals surface area contributed by atoms with Crippen LogP contribution in [0.1, 0.15) is 21.5 Å². The van der Waals surface area contributed by atoms with E-state index in [1.54, 1.807) is 0 Å². The summed E-state index contributed by atoms with van der Waals surface area (Å²) in [5.41, 5.74) is 0.891. The molecular weight excluding hydrogens is 327 g/mol. The topological polar surface area (TPSA) is 84.6 Å². The number of benzene rings is 2. The van der Waals surface area contributed by atoms with Crippen molar-refractivity contribution in [2.75, 3.05) is 0 Å². The Morgan fingerprint density at radius 3 is 2.33 bits per heavy atom. The summed E-state index contributed by atoms with van der Waals surface area (Å²) >= 11 is 0. The maximum atomic E-state index is 12.8. The lowest BCUT2D eigenvalue weighted by Crippen LogP contribution is -2.18. The molecule has 0 atom stereocenters. The first-order chi connectivity index (χ1) is 11.3. The molecule has 0 aliphatic carbocycles. The molecule has 9 heteroatoms. The summed E-state index contributed by atoms with van der Waals surface area (Å²) in [6.07, 6.45) is -3.66. The molecule has 0 radical (unpaired) electrons. The van der Waals surface area contributed by atoms with Crippen LogP contribution in [0.5, 0.6) is 0 Å². The summed E-state index contributed by atoms with van der Waals surface area (Å²) in [6, 6.07) is 9.47. The third-order valence-corrected chi connectivity index (χ3v) is 2.98. The van der Waals surface area contributed by atoms with Crippen LogP contribution in [-0.4, -0.2) is 17.0 Å². The quantitative estimate of drug-likeness (QED) is 0.527. The molecule has 0 spiro atoms. The summed E-state index contributed by atoms with van der Waals surface area (Å²) < 4.78 is 38.4. The van der Waals surface area contributed by atoms with Crippen LogP contribution in [-0.2, 0) is 6.18 Å². The summed E-state index contributed by atoms with van der Waals surface area (Å²) in [5, 5.41) is 14.0. The Hall–Kier alpha value is -3.23. The highest BCUT2D eigenvalue weighted by Gasteiger charge is 2.32. The average molecular weight is 337 g/mol. The summed E-state index contributed by atoms with van der Waals surface area (Å²) in [4.78, 5) is 21.7. The number of hydrogen-bond donors (Lipinski definition) is 1. The predicted molar refractivity (Wildman–Crippen MR) is 79.6 cm³/mol. The van der Waals surface area contributed by atoms with Gasteiger partial charge in [0.25, 0.3) is 11.6 Å². The van der Waals surface area contributed by atoms with E-state index in [1.807, 2.05) is 0 Å². The van der Waals surface area contributed by atoms with Gasteiger partial charge in [-0.05, 0) is 18.2 Å². The molecule has 0 aliphatic rings. The molecule has 0 aromatic heterocycles. The van der Waals surface area contributed by atoms with Gasteiger partial charge in [0.15, 0.2) is 0 Å². The van der Waals surface area contributed by atoms with Crippen molar-refractivity contribution in [2.45, 2.75) is 6.18 Å². The van der Waals surface area contributed by atoms with Crippen molar-refractivity contribution < 1.29 is 22.9 Å². The Bertz CT molecular complexity index is 787. The summed E-state index contributed by atoms with van der Waals surface area (Å²) in [6.45, 7) is 0. The fourth-order valence-corrected chi connectivity index (χ4v) is 1.83. The lowest BCUT2D eigenvalue weighted by Gasteiger charge is -2.09. The minimum atomic E-state index is -4.54. The van der Waals surface area contributed by atoms with E-state index >= 15 is 0 Å². The smallest absolute Gasteiger partial charge is 0.267 e. The highest BCUT2D eigenvalue weighted by Crippen LogP contribution is 2.31. The van der Waals surface area contributed by atoms with E-state index in [0.29, 0.717) is 0 Å². The molecule has 24 heavy (non-hydrogen) atoms. The van der Waals surface area contributed by atoms with Crippen molar-refractivity contribution in [2.24, 2.45) is 5.10 Å². The van der Waals surface area contributed by atoms with Gasteiger partial charge in [-0.3, -0.25) is 14.9 Å². The maximum absolute atomic E-state index is 12.8. The first-order valence-electron chi connectivity index (χ1n) is 6.53. The number of hydrazone groups is 1. The van der Waals surface area contributed by atoms with Gasteiger partial charge < -0.3 is 0 Å². The second-order valence-corrected chi connectivity index (χ2v) is 4.59. The van der Waals surface area contributed by atoms with Crippen LogP contribution in [0.3, 0.4) is 0 Å². The number of nitro benzene ring substituents is 1. The number of hydrogen-bond acceptors (Lipinski definition) is 4. The van der Waals surface area contributed by atoms with Crippen LogP contribution in [0.15, 0.2) is 53.6 Å². The number of non-ortho nitro benzene ring substituents is 1. The Morgan fingerprint density at radius 2 is 1.75 bits per heavy atom. The zero-order chi connectivity index (χ0) is 17.7. The molecule has 0 bridgehead atoms. The van der Waals surface area contributed by atoms with Gasteiger partial charge in [-0.25, -0.2) is 5.43 Å². The number of nitro groups is 1. The third-order valence-electron chi connectivity index (χ3n) is 2.98. The normalized spacial score (nSPS) is 11.5. The second-order valence-electron chi connectivity index (χ2n) is 4.59. The average Bonchev–Trinajstić information content (AvgIpc) is 2.54. The zero-order valence-corrected chi connectivity index (χ0v) is 11.9. The number of nitrogens with zero attached hydrogens (tertiary/aromatic N) is 2. The van der Waals surface area contributed by atoms with Gasteiger partial charge in [-0.15, -0.1) is 0 Å². The number of halogens is 3. The van der Waals surface area contributed by atoms with E-state index in [2.05, 4.69) is 10.5 Å². The number of carbonyl (C=O) groups is 1. The van der Waals surface area contributed by atoms with Crippen LogP contribution in [0, 0.1) is 10.1 Å². The van der Waals surface area contributed by atoms with Crippen molar-refractivity contribution in [3.63, 3.8) is 0 Å². The predicted octanol–water partition coefficient (Wildman–Crippen LogP) is 3.38. The molecule has 0 saturated carbocycles. The SMILES string of the molecule is O=C(NN=Cc1ccccc1C(F)(F)F)c1ccc([N+](=O)[O-])cc1. The molecule has 2 aromatic rings. The highest BCUT2D eigenvalue weighted by atomic mass is 19.4. The Labute approximate surface area is 133 Å². The fourth-order valence-electron chi connectivity index (χ4n) is 1.83. The molecular formula is C15H10F3N3O3. The van der Waals surface area contributed by atoms with Crippen LogP contribution in [0.25, 0.3) is 0 Å². The lowest BCUT2D eigenvalue weighted by atomic mass is 10.1. The van der Waals surface area contributed by atoms with E-state index in [1.165, 1.54) is 30.3 Å². The van der Waals surface area contributed by atoms with Crippen molar-refractivity contribution in [3.05, 3.63) is 75.3 Å². The number of amides is 1. The Kier molecular flexibility index (Phi) is 4.93. The summed E-state index contributed by atoms with van der Waals surface area (Å²) in [7, 11) is 0. The van der Waals surface area contributed by atoms with Crippen molar-refractivity contribution >= 4 is 17.8 Å². The maximum Gasteiger partial charge on any atom is 0.417 e. The van der Waals surface area contributed by atoms with Crippen LogP contribution >= 0.6 is 0 Å². The monoisotopic (exact) mass is 337 g/mol. The minimum absolute atomic E-state index is 0.0851. The fraction of sp³-hybridized carbons (Fsp3) is 0.0667. The Balaban J connectivity index is 2.09. The molecule has 0 unspecified atom stereocenters. The summed E-state index contributed by atoms with van der Waals surface area (Å²) in [5.74, 6) is -0.703. The number of nitrogens with one attached hydrogen (secondary N) is 1. The van der Waals surface area contributed by atoms with Crippen molar-refractivity contribution in [1.82, 2.24) is 5.43 Å². The van der Waals surface area contributed by atoms with E-state index in [-0.39, 0.29) is 16.8 Å². The van der Waals surface area contributed by atoms with Crippen LogP contribution in [0.4, 0.5) is 18.9 Å². The molecule has 0 fully saturated rings. The van der Waals surface area contributed by atoms with Gasteiger partial charge in [0, 0.05) is 23.3 Å². The third kappa shape index (κ3) is 4.15. The van der Waals surface area contributed by atoms with Gasteiger partial charge in [0.1, 0.15) is 0 Å². The molecule has 124 valence electrons. The molecule has 0 aliphatic heterocycles. The first-order valence-corrected chi connectivity index (χ1v) is 6.53. The van der Waals surface area contributed by atoms with Crippen molar-refractivity contribution in [1.29, 1.82) is 0 Å². The molecule has 0 heterocycles. The molecule has 1 amide bonds. The van der Waals surface area contributed by atoms with Gasteiger partial charge in [-0.2, -0.15) is 18.3 Å². The number of rotatable bonds is 4. The van der Waals surface area contributed by atoms with Crippen molar-refractivity contribution in [3.8, 4) is 0 Å². The Morgan fingerprint density at radius 1 is 1.12 bits per heavy atom. The molecule has 2 aromatic carbocycles. The second kappa shape index (κ2) is 6.90. The van der Waals surface area contributed by atoms with Gasteiger partial charge >= 0.3 is 6.18 Å². The van der Waals surface area contributed by atoms with E-state index in [9.17, 15) is 28.1 Å². The standard InChI is InChI=1S/C15H10F3N3O3/c16-15(17,18)13-4-2-1-3-11(13)9-19-20-14(22)10-5-7-12(8-6-10)21(23)24/h1-9H,(H,20,22). The zero-order valence-electron chi connectivity index (χ0n) is 11.9. The first kappa shape index (κ1) is 17.1. The molecule has 0 saturated heterocycles. The van der Waals surface area contributed by atoms with Gasteiger partial charge in [-0.1, -0.05) is 18.2 Å². The molecule has 2 rings (SSSR count). The lowest BCUT2D eigenvalue weighted by molar-refractivity contribution is -0.384. The van der Waals surface area contributed by atoms with E-state index < -0.39 is 22.6 Å².